The number of para-hydroxylation sites is 1. The van der Waals surface area contributed by atoms with E-state index in [-0.39, 0.29) is 11.5 Å². The Bertz CT molecular complexity index is 446. The van der Waals surface area contributed by atoms with Gasteiger partial charge in [0, 0.05) is 7.05 Å². The first kappa shape index (κ1) is 14.6. The minimum atomic E-state index is -1.03. The lowest BCUT2D eigenvalue weighted by atomic mass is 10.1. The van der Waals surface area contributed by atoms with E-state index >= 15 is 0 Å². The Balaban J connectivity index is 2.86. The minimum Gasteiger partial charge on any atom is -0.478 e. The molecule has 0 atom stereocenters. The van der Waals surface area contributed by atoms with Crippen molar-refractivity contribution >= 4 is 29.3 Å². The second-order valence-corrected chi connectivity index (χ2v) is 5.70. The quantitative estimate of drug-likeness (QED) is 0.890. The van der Waals surface area contributed by atoms with Crippen LogP contribution in [0.1, 0.15) is 24.2 Å². The first-order valence-electron chi connectivity index (χ1n) is 5.64. The van der Waals surface area contributed by atoms with Gasteiger partial charge in [0.2, 0.25) is 5.91 Å². The number of carboxylic acid groups (broad SMARTS) is 1. The molecule has 1 aromatic carbocycles. The van der Waals surface area contributed by atoms with Gasteiger partial charge >= 0.3 is 5.97 Å². The molecule has 1 N–H and O–H groups in total. The summed E-state index contributed by atoms with van der Waals surface area (Å²) < 4.78 is 0. The van der Waals surface area contributed by atoms with Crippen LogP contribution < -0.4 is 4.90 Å². The van der Waals surface area contributed by atoms with Gasteiger partial charge in [-0.15, -0.1) is 11.8 Å². The monoisotopic (exact) mass is 267 g/mol. The fourth-order valence-electron chi connectivity index (χ4n) is 1.42. The topological polar surface area (TPSA) is 57.6 Å². The predicted molar refractivity (Wildman–Crippen MR) is 74.4 cm³/mol. The Labute approximate surface area is 111 Å². The summed E-state index contributed by atoms with van der Waals surface area (Å²) >= 11 is 1.54. The highest BCUT2D eigenvalue weighted by molar-refractivity contribution is 8.00. The standard InChI is InChI=1S/C13H17NO3S/c1-9(2)18-8-12(15)14(3)11-7-5-4-6-10(11)13(16)17/h4-7,9H,8H2,1-3H3,(H,16,17). The number of benzene rings is 1. The molecule has 0 heterocycles. The molecule has 0 saturated carbocycles. The van der Waals surface area contributed by atoms with Crippen LogP contribution in [0.2, 0.25) is 0 Å². The maximum absolute atomic E-state index is 11.9. The SMILES string of the molecule is CC(C)SCC(=O)N(C)c1ccccc1C(=O)O. The fourth-order valence-corrected chi connectivity index (χ4v) is 2.09. The molecule has 0 aliphatic rings. The number of rotatable bonds is 5. The van der Waals surface area contributed by atoms with Gasteiger partial charge in [0.25, 0.3) is 0 Å². The van der Waals surface area contributed by atoms with Crippen molar-refractivity contribution in [1.82, 2.24) is 0 Å². The van der Waals surface area contributed by atoms with Crippen LogP contribution in [0.3, 0.4) is 0 Å². The molecule has 18 heavy (non-hydrogen) atoms. The summed E-state index contributed by atoms with van der Waals surface area (Å²) in [4.78, 5) is 24.4. The molecule has 0 aliphatic heterocycles. The third kappa shape index (κ3) is 3.77. The number of amides is 1. The van der Waals surface area contributed by atoms with Gasteiger partial charge < -0.3 is 10.0 Å². The number of carbonyl (C=O) groups is 2. The summed E-state index contributed by atoms with van der Waals surface area (Å²) in [6.07, 6.45) is 0. The average Bonchev–Trinajstić information content (AvgIpc) is 2.34. The van der Waals surface area contributed by atoms with Crippen molar-refractivity contribution in [3.05, 3.63) is 29.8 Å². The average molecular weight is 267 g/mol. The zero-order valence-corrected chi connectivity index (χ0v) is 11.5. The lowest BCUT2D eigenvalue weighted by Gasteiger charge is -2.19. The van der Waals surface area contributed by atoms with E-state index in [1.165, 1.54) is 22.7 Å². The van der Waals surface area contributed by atoms with Crippen molar-refractivity contribution < 1.29 is 14.7 Å². The van der Waals surface area contributed by atoms with Gasteiger partial charge in [-0.25, -0.2) is 4.79 Å². The summed E-state index contributed by atoms with van der Waals surface area (Å²) in [7, 11) is 1.60. The maximum Gasteiger partial charge on any atom is 0.337 e. The molecule has 98 valence electrons. The van der Waals surface area contributed by atoms with Crippen LogP contribution in [-0.2, 0) is 4.79 Å². The molecule has 5 heteroatoms. The van der Waals surface area contributed by atoms with E-state index in [0.717, 1.165) is 0 Å². The molecule has 0 aromatic heterocycles. The van der Waals surface area contributed by atoms with Crippen molar-refractivity contribution in [2.45, 2.75) is 19.1 Å². The zero-order valence-electron chi connectivity index (χ0n) is 10.7. The number of thioether (sulfide) groups is 1. The maximum atomic E-state index is 11.9. The largest absolute Gasteiger partial charge is 0.478 e. The molecule has 0 saturated heterocycles. The lowest BCUT2D eigenvalue weighted by Crippen LogP contribution is -2.29. The number of hydrogen-bond acceptors (Lipinski definition) is 3. The van der Waals surface area contributed by atoms with E-state index in [1.807, 2.05) is 13.8 Å². The Morgan fingerprint density at radius 3 is 2.50 bits per heavy atom. The summed E-state index contributed by atoms with van der Waals surface area (Å²) in [6, 6.07) is 6.51. The lowest BCUT2D eigenvalue weighted by molar-refractivity contribution is -0.115. The van der Waals surface area contributed by atoms with Gasteiger partial charge in [-0.3, -0.25) is 4.79 Å². The van der Waals surface area contributed by atoms with Gasteiger partial charge in [-0.2, -0.15) is 0 Å². The van der Waals surface area contributed by atoms with Crippen LogP contribution >= 0.6 is 11.8 Å². The first-order valence-corrected chi connectivity index (χ1v) is 6.69. The number of anilines is 1. The van der Waals surface area contributed by atoms with E-state index in [4.69, 9.17) is 5.11 Å². The molecule has 0 bridgehead atoms. The molecule has 1 rings (SSSR count). The summed E-state index contributed by atoms with van der Waals surface area (Å²) in [5.74, 6) is -0.772. The van der Waals surface area contributed by atoms with Gasteiger partial charge in [-0.1, -0.05) is 26.0 Å². The molecule has 1 amide bonds. The summed E-state index contributed by atoms with van der Waals surface area (Å²) in [6.45, 7) is 4.03. The van der Waals surface area contributed by atoms with Crippen LogP contribution in [0, 0.1) is 0 Å². The van der Waals surface area contributed by atoms with Crippen LogP contribution in [0.5, 0.6) is 0 Å². The van der Waals surface area contributed by atoms with E-state index in [0.29, 0.717) is 16.7 Å². The van der Waals surface area contributed by atoms with Gasteiger partial charge in [-0.05, 0) is 17.4 Å². The first-order chi connectivity index (χ1) is 8.43. The van der Waals surface area contributed by atoms with Gasteiger partial charge in [0.15, 0.2) is 0 Å². The van der Waals surface area contributed by atoms with E-state index in [9.17, 15) is 9.59 Å². The molecule has 4 nitrogen and oxygen atoms in total. The van der Waals surface area contributed by atoms with Gasteiger partial charge in [0.1, 0.15) is 0 Å². The Hall–Kier alpha value is -1.49. The molecule has 0 spiro atoms. The third-order valence-corrected chi connectivity index (χ3v) is 3.49. The predicted octanol–water partition coefficient (Wildman–Crippen LogP) is 2.49. The number of nitrogens with zero attached hydrogens (tertiary/aromatic N) is 1. The fraction of sp³-hybridized carbons (Fsp3) is 0.385. The smallest absolute Gasteiger partial charge is 0.337 e. The van der Waals surface area contributed by atoms with Crippen molar-refractivity contribution in [1.29, 1.82) is 0 Å². The molecule has 0 aliphatic carbocycles. The summed E-state index contributed by atoms with van der Waals surface area (Å²) in [5.41, 5.74) is 0.572. The Morgan fingerprint density at radius 1 is 1.33 bits per heavy atom. The van der Waals surface area contributed by atoms with Crippen LogP contribution in [0.4, 0.5) is 5.69 Å². The second-order valence-electron chi connectivity index (χ2n) is 4.13. The number of aromatic carboxylic acids is 1. The van der Waals surface area contributed by atoms with Gasteiger partial charge in [0.05, 0.1) is 17.0 Å². The highest BCUT2D eigenvalue weighted by Crippen LogP contribution is 2.20. The third-order valence-electron chi connectivity index (χ3n) is 2.41. The molecule has 0 radical (unpaired) electrons. The highest BCUT2D eigenvalue weighted by Gasteiger charge is 2.17. The summed E-state index contributed by atoms with van der Waals surface area (Å²) in [5, 5.41) is 9.44. The molecule has 0 unspecified atom stereocenters. The molecular formula is C13H17NO3S. The number of hydrogen-bond donors (Lipinski definition) is 1. The van der Waals surface area contributed by atoms with Crippen molar-refractivity contribution in [2.75, 3.05) is 17.7 Å². The molecule has 0 fully saturated rings. The Kier molecular flexibility index (Phi) is 5.22. The molecular weight excluding hydrogens is 250 g/mol. The van der Waals surface area contributed by atoms with E-state index in [2.05, 4.69) is 0 Å². The van der Waals surface area contributed by atoms with Crippen molar-refractivity contribution in [3.8, 4) is 0 Å². The Morgan fingerprint density at radius 2 is 1.94 bits per heavy atom. The normalized spacial score (nSPS) is 10.4. The number of carboxylic acids is 1. The minimum absolute atomic E-state index is 0.0950. The second kappa shape index (κ2) is 6.44. The van der Waals surface area contributed by atoms with Crippen LogP contribution in [0.25, 0.3) is 0 Å². The van der Waals surface area contributed by atoms with E-state index < -0.39 is 5.97 Å². The van der Waals surface area contributed by atoms with Crippen LogP contribution in [-0.4, -0.2) is 35.0 Å². The van der Waals surface area contributed by atoms with E-state index in [1.54, 1.807) is 25.2 Å². The van der Waals surface area contributed by atoms with Crippen LogP contribution in [0.15, 0.2) is 24.3 Å². The zero-order chi connectivity index (χ0) is 13.7. The number of carbonyl (C=O) groups excluding carboxylic acids is 1. The van der Waals surface area contributed by atoms with Crippen molar-refractivity contribution in [2.24, 2.45) is 0 Å². The highest BCUT2D eigenvalue weighted by atomic mass is 32.2. The molecule has 1 aromatic rings. The van der Waals surface area contributed by atoms with Crippen molar-refractivity contribution in [3.63, 3.8) is 0 Å².